The number of aromatic nitrogens is 3. The number of anilines is 3. The van der Waals surface area contributed by atoms with Crippen molar-refractivity contribution in [3.8, 4) is 11.5 Å². The molecule has 0 aliphatic carbocycles. The first-order valence-corrected chi connectivity index (χ1v) is 9.25. The summed E-state index contributed by atoms with van der Waals surface area (Å²) in [6.45, 7) is 1.47. The highest BCUT2D eigenvalue weighted by Crippen LogP contribution is 2.34. The molecule has 28 heavy (non-hydrogen) atoms. The van der Waals surface area contributed by atoms with Gasteiger partial charge in [-0.25, -0.2) is 0 Å². The van der Waals surface area contributed by atoms with E-state index in [-0.39, 0.29) is 0 Å². The standard InChI is InChI=1S/C20H20ClN5O2/c1-27-17-8-13-6-7-26(12-14(13)9-18(17)28-2)20-24-19(11-22-25-20)23-16-5-3-4-15(21)10-16/h3-5,8-11H,6-7,12H2,1-2H3,(H,23,24,25). The van der Waals surface area contributed by atoms with Gasteiger partial charge in [0.1, 0.15) is 0 Å². The van der Waals surface area contributed by atoms with Gasteiger partial charge in [0, 0.05) is 23.8 Å². The minimum atomic E-state index is 0.576. The van der Waals surface area contributed by atoms with Crippen molar-refractivity contribution in [3.05, 3.63) is 58.7 Å². The van der Waals surface area contributed by atoms with Crippen LogP contribution in [0.5, 0.6) is 11.5 Å². The summed E-state index contributed by atoms with van der Waals surface area (Å²) in [5.41, 5.74) is 3.26. The first-order valence-electron chi connectivity index (χ1n) is 8.87. The van der Waals surface area contributed by atoms with Crippen LogP contribution in [0.3, 0.4) is 0 Å². The third kappa shape index (κ3) is 3.80. The summed E-state index contributed by atoms with van der Waals surface area (Å²) in [6, 6.07) is 11.5. The summed E-state index contributed by atoms with van der Waals surface area (Å²) in [5, 5.41) is 12.2. The Labute approximate surface area is 168 Å². The molecule has 0 bridgehead atoms. The van der Waals surface area contributed by atoms with E-state index in [0.717, 1.165) is 30.2 Å². The van der Waals surface area contributed by atoms with Gasteiger partial charge in [-0.05, 0) is 47.9 Å². The molecule has 0 amide bonds. The Morgan fingerprint density at radius 3 is 2.61 bits per heavy atom. The summed E-state index contributed by atoms with van der Waals surface area (Å²) < 4.78 is 10.8. The van der Waals surface area contributed by atoms with E-state index in [1.54, 1.807) is 20.4 Å². The van der Waals surface area contributed by atoms with E-state index in [0.29, 0.717) is 23.3 Å². The molecular formula is C20H20ClN5O2. The number of ether oxygens (including phenoxy) is 2. The highest BCUT2D eigenvalue weighted by atomic mass is 35.5. The van der Waals surface area contributed by atoms with E-state index in [4.69, 9.17) is 21.1 Å². The van der Waals surface area contributed by atoms with Crippen molar-refractivity contribution in [2.24, 2.45) is 0 Å². The quantitative estimate of drug-likeness (QED) is 0.701. The number of hydrogen-bond donors (Lipinski definition) is 1. The first kappa shape index (κ1) is 18.3. The molecule has 0 atom stereocenters. The zero-order valence-electron chi connectivity index (χ0n) is 15.6. The van der Waals surface area contributed by atoms with Gasteiger partial charge in [0.2, 0.25) is 5.95 Å². The van der Waals surface area contributed by atoms with E-state index in [1.807, 2.05) is 36.4 Å². The molecule has 0 saturated carbocycles. The van der Waals surface area contributed by atoms with E-state index in [2.05, 4.69) is 25.4 Å². The molecule has 1 aromatic heterocycles. The van der Waals surface area contributed by atoms with Gasteiger partial charge in [-0.15, -0.1) is 5.10 Å². The number of fused-ring (bicyclic) bond motifs is 1. The van der Waals surface area contributed by atoms with Gasteiger partial charge in [-0.3, -0.25) is 0 Å². The number of halogens is 1. The third-order valence-corrected chi connectivity index (χ3v) is 4.88. The Bertz CT molecular complexity index is 998. The molecule has 4 rings (SSSR count). The smallest absolute Gasteiger partial charge is 0.247 e. The third-order valence-electron chi connectivity index (χ3n) is 4.65. The van der Waals surface area contributed by atoms with Gasteiger partial charge in [0.15, 0.2) is 17.3 Å². The zero-order chi connectivity index (χ0) is 19.5. The van der Waals surface area contributed by atoms with Crippen molar-refractivity contribution in [1.82, 2.24) is 15.2 Å². The topological polar surface area (TPSA) is 72.4 Å². The molecular weight excluding hydrogens is 378 g/mol. The van der Waals surface area contributed by atoms with Crippen molar-refractivity contribution >= 4 is 29.1 Å². The van der Waals surface area contributed by atoms with Crippen molar-refractivity contribution in [3.63, 3.8) is 0 Å². The predicted octanol–water partition coefficient (Wildman–Crippen LogP) is 3.85. The van der Waals surface area contributed by atoms with E-state index >= 15 is 0 Å². The summed E-state index contributed by atoms with van der Waals surface area (Å²) in [4.78, 5) is 6.71. The highest BCUT2D eigenvalue weighted by molar-refractivity contribution is 6.30. The molecule has 144 valence electrons. The number of nitrogens with zero attached hydrogens (tertiary/aromatic N) is 4. The molecule has 2 aromatic carbocycles. The van der Waals surface area contributed by atoms with Crippen molar-refractivity contribution < 1.29 is 9.47 Å². The number of nitrogens with one attached hydrogen (secondary N) is 1. The number of hydrogen-bond acceptors (Lipinski definition) is 7. The van der Waals surface area contributed by atoms with Crippen LogP contribution in [0.25, 0.3) is 0 Å². The summed E-state index contributed by atoms with van der Waals surface area (Å²) in [6.07, 6.45) is 2.46. The van der Waals surface area contributed by atoms with Crippen LogP contribution >= 0.6 is 11.6 Å². The van der Waals surface area contributed by atoms with Crippen LogP contribution in [0, 0.1) is 0 Å². The monoisotopic (exact) mass is 397 g/mol. The molecule has 1 N–H and O–H groups in total. The van der Waals surface area contributed by atoms with Crippen molar-refractivity contribution in [1.29, 1.82) is 0 Å². The lowest BCUT2D eigenvalue weighted by Gasteiger charge is -2.29. The fourth-order valence-electron chi connectivity index (χ4n) is 3.26. The molecule has 2 heterocycles. The summed E-state index contributed by atoms with van der Waals surface area (Å²) in [5.74, 6) is 2.66. The lowest BCUT2D eigenvalue weighted by Crippen LogP contribution is -2.32. The average molecular weight is 398 g/mol. The minimum absolute atomic E-state index is 0.576. The lowest BCUT2D eigenvalue weighted by molar-refractivity contribution is 0.353. The molecule has 1 aliphatic heterocycles. The van der Waals surface area contributed by atoms with Gasteiger partial charge in [-0.1, -0.05) is 17.7 Å². The lowest BCUT2D eigenvalue weighted by atomic mass is 9.99. The zero-order valence-corrected chi connectivity index (χ0v) is 16.4. The van der Waals surface area contributed by atoms with Crippen LogP contribution in [0.4, 0.5) is 17.5 Å². The maximum atomic E-state index is 6.04. The maximum absolute atomic E-state index is 6.04. The van der Waals surface area contributed by atoms with Crippen molar-refractivity contribution in [2.45, 2.75) is 13.0 Å². The Morgan fingerprint density at radius 2 is 1.86 bits per heavy atom. The maximum Gasteiger partial charge on any atom is 0.247 e. The van der Waals surface area contributed by atoms with Crippen LogP contribution in [-0.2, 0) is 13.0 Å². The van der Waals surface area contributed by atoms with E-state index in [1.165, 1.54) is 11.1 Å². The van der Waals surface area contributed by atoms with Gasteiger partial charge in [-0.2, -0.15) is 10.1 Å². The largest absolute Gasteiger partial charge is 0.493 e. The van der Waals surface area contributed by atoms with Crippen LogP contribution in [0.15, 0.2) is 42.6 Å². The van der Waals surface area contributed by atoms with Crippen LogP contribution in [-0.4, -0.2) is 35.9 Å². The molecule has 0 fully saturated rings. The first-order chi connectivity index (χ1) is 13.7. The van der Waals surface area contributed by atoms with E-state index < -0.39 is 0 Å². The molecule has 8 heteroatoms. The molecule has 1 aliphatic rings. The van der Waals surface area contributed by atoms with Crippen LogP contribution in [0.1, 0.15) is 11.1 Å². The SMILES string of the molecule is COc1cc2c(cc1OC)CN(c1nncc(Nc3cccc(Cl)c3)n1)CC2. The van der Waals surface area contributed by atoms with Crippen LogP contribution < -0.4 is 19.7 Å². The second kappa shape index (κ2) is 7.90. The molecule has 0 saturated heterocycles. The fraction of sp³-hybridized carbons (Fsp3) is 0.250. The van der Waals surface area contributed by atoms with Gasteiger partial charge < -0.3 is 19.7 Å². The molecule has 0 radical (unpaired) electrons. The number of rotatable bonds is 5. The average Bonchev–Trinajstić information content (AvgIpc) is 2.72. The minimum Gasteiger partial charge on any atom is -0.493 e. The molecule has 0 spiro atoms. The second-order valence-corrected chi connectivity index (χ2v) is 6.86. The Balaban J connectivity index is 1.56. The fourth-order valence-corrected chi connectivity index (χ4v) is 3.45. The van der Waals surface area contributed by atoms with Gasteiger partial charge in [0.05, 0.1) is 20.4 Å². The Hall–Kier alpha value is -3.06. The summed E-state index contributed by atoms with van der Waals surface area (Å²) >= 11 is 6.04. The molecule has 3 aromatic rings. The predicted molar refractivity (Wildman–Crippen MR) is 109 cm³/mol. The van der Waals surface area contributed by atoms with Gasteiger partial charge >= 0.3 is 0 Å². The summed E-state index contributed by atoms with van der Waals surface area (Å²) in [7, 11) is 3.29. The van der Waals surface area contributed by atoms with Crippen molar-refractivity contribution in [2.75, 3.05) is 31.0 Å². The molecule has 0 unspecified atom stereocenters. The van der Waals surface area contributed by atoms with E-state index in [9.17, 15) is 0 Å². The Morgan fingerprint density at radius 1 is 1.07 bits per heavy atom. The number of methoxy groups -OCH3 is 2. The van der Waals surface area contributed by atoms with Gasteiger partial charge in [0.25, 0.3) is 0 Å². The molecule has 7 nitrogen and oxygen atoms in total. The van der Waals surface area contributed by atoms with Crippen LogP contribution in [0.2, 0.25) is 5.02 Å². The number of benzene rings is 2. The normalized spacial score (nSPS) is 13.0. The Kier molecular flexibility index (Phi) is 5.16. The highest BCUT2D eigenvalue weighted by Gasteiger charge is 2.21. The second-order valence-electron chi connectivity index (χ2n) is 6.42.